The van der Waals surface area contributed by atoms with Gasteiger partial charge in [-0.2, -0.15) is 0 Å². The van der Waals surface area contributed by atoms with Crippen LogP contribution in [0.5, 0.6) is 0 Å². The third kappa shape index (κ3) is 11.3. The van der Waals surface area contributed by atoms with Crippen molar-refractivity contribution in [3.8, 4) is 0 Å². The topological polar surface area (TPSA) is 209 Å². The smallest absolute Gasteiger partial charge is 0.274 e. The summed E-state index contributed by atoms with van der Waals surface area (Å²) in [5.41, 5.74) is 9.38. The highest BCUT2D eigenvalue weighted by Crippen LogP contribution is 2.41. The molecule has 4 fully saturated rings. The summed E-state index contributed by atoms with van der Waals surface area (Å²) in [4.78, 5) is 81.1. The van der Waals surface area contributed by atoms with E-state index < -0.39 is 11.9 Å². The van der Waals surface area contributed by atoms with Gasteiger partial charge in [0.2, 0.25) is 17.7 Å². The zero-order valence-electron chi connectivity index (χ0n) is 38.9. The molecule has 2 aromatic heterocycles. The van der Waals surface area contributed by atoms with Crippen molar-refractivity contribution >= 4 is 58.6 Å². The van der Waals surface area contributed by atoms with Crippen LogP contribution in [-0.2, 0) is 32.2 Å². The number of carbonyl (C=O) groups is 5. The SMILES string of the molecule is CN(Cc1ccc2c(c1)CN(C1CCC(=O)NC1=O)C2=O)C(=O)c1ccc(N2CC3CC(OCCCCCCC(=O)Nc4cccc(Sc5cnc(N6CCC(C)(N)CC6)cn5)c4)CC3C2)nn1. The largest absolute Gasteiger partial charge is 0.378 e. The molecule has 3 unspecified atom stereocenters. The van der Waals surface area contributed by atoms with Crippen molar-refractivity contribution in [2.24, 2.45) is 17.6 Å². The van der Waals surface area contributed by atoms with Gasteiger partial charge in [-0.15, -0.1) is 10.2 Å². The van der Waals surface area contributed by atoms with Gasteiger partial charge in [0.15, 0.2) is 11.5 Å². The molecule has 3 atom stereocenters. The molecular weight excluding hydrogens is 883 g/mol. The monoisotopic (exact) mass is 943 g/mol. The number of ether oxygens (including phenoxy) is 1. The maximum absolute atomic E-state index is 13.4. The van der Waals surface area contributed by atoms with Gasteiger partial charge in [-0.1, -0.05) is 42.8 Å². The van der Waals surface area contributed by atoms with Crippen LogP contribution in [-0.4, -0.2) is 117 Å². The Hall–Kier alpha value is -5.98. The van der Waals surface area contributed by atoms with Crippen LogP contribution in [0.1, 0.15) is 110 Å². The van der Waals surface area contributed by atoms with Gasteiger partial charge >= 0.3 is 0 Å². The van der Waals surface area contributed by atoms with Crippen molar-refractivity contribution in [3.05, 3.63) is 89.4 Å². The Morgan fingerprint density at radius 3 is 2.46 bits per heavy atom. The highest BCUT2D eigenvalue weighted by molar-refractivity contribution is 7.99. The molecule has 0 radical (unpaired) electrons. The first-order valence-corrected chi connectivity index (χ1v) is 24.8. The molecule has 68 heavy (non-hydrogen) atoms. The molecule has 3 saturated heterocycles. The van der Waals surface area contributed by atoms with Crippen LogP contribution in [0.2, 0.25) is 0 Å². The van der Waals surface area contributed by atoms with Gasteiger partial charge in [-0.05, 0) is 111 Å². The molecule has 5 aliphatic rings. The maximum Gasteiger partial charge on any atom is 0.274 e. The predicted octanol–water partition coefficient (Wildman–Crippen LogP) is 5.59. The lowest BCUT2D eigenvalue weighted by atomic mass is 9.91. The van der Waals surface area contributed by atoms with Gasteiger partial charge in [0.25, 0.3) is 11.8 Å². The van der Waals surface area contributed by atoms with E-state index in [-0.39, 0.29) is 53.9 Å². The molecule has 17 nitrogen and oxygen atoms in total. The highest BCUT2D eigenvalue weighted by Gasteiger charge is 2.42. The summed E-state index contributed by atoms with van der Waals surface area (Å²) < 4.78 is 6.33. The van der Waals surface area contributed by atoms with Crippen molar-refractivity contribution in [2.75, 3.05) is 55.0 Å². The molecule has 4 N–H and O–H groups in total. The van der Waals surface area contributed by atoms with E-state index in [1.54, 1.807) is 30.3 Å². The number of fused-ring (bicyclic) bond motifs is 2. The molecule has 4 aliphatic heterocycles. The predicted molar refractivity (Wildman–Crippen MR) is 257 cm³/mol. The summed E-state index contributed by atoms with van der Waals surface area (Å²) in [6, 6.07) is 16.2. The minimum atomic E-state index is -0.676. The lowest BCUT2D eigenvalue weighted by Crippen LogP contribution is -2.52. The summed E-state index contributed by atoms with van der Waals surface area (Å²) >= 11 is 1.52. The summed E-state index contributed by atoms with van der Waals surface area (Å²) in [5, 5.41) is 15.0. The third-order valence-electron chi connectivity index (χ3n) is 14.1. The number of carbonyl (C=O) groups excluding carboxylic acids is 5. The van der Waals surface area contributed by atoms with Crippen molar-refractivity contribution in [2.45, 2.75) is 118 Å². The highest BCUT2D eigenvalue weighted by atomic mass is 32.2. The number of benzene rings is 2. The minimum absolute atomic E-state index is 0.0182. The fourth-order valence-electron chi connectivity index (χ4n) is 10.2. The normalized spacial score (nSPS) is 22.0. The van der Waals surface area contributed by atoms with Crippen LogP contribution in [0.4, 0.5) is 17.3 Å². The number of nitrogens with one attached hydrogen (secondary N) is 2. The molecule has 6 heterocycles. The number of rotatable bonds is 17. The van der Waals surface area contributed by atoms with Gasteiger partial charge in [-0.3, -0.25) is 29.3 Å². The van der Waals surface area contributed by atoms with Gasteiger partial charge in [0, 0.05) is 87.4 Å². The van der Waals surface area contributed by atoms with E-state index >= 15 is 0 Å². The number of piperidine rings is 2. The van der Waals surface area contributed by atoms with E-state index in [1.807, 2.05) is 48.7 Å². The van der Waals surface area contributed by atoms with E-state index in [9.17, 15) is 24.0 Å². The molecule has 5 amide bonds. The van der Waals surface area contributed by atoms with E-state index in [0.29, 0.717) is 36.8 Å². The first-order chi connectivity index (χ1) is 32.8. The second kappa shape index (κ2) is 20.7. The average molecular weight is 944 g/mol. The van der Waals surface area contributed by atoms with Crippen LogP contribution >= 0.6 is 11.8 Å². The van der Waals surface area contributed by atoms with Crippen molar-refractivity contribution in [3.63, 3.8) is 0 Å². The van der Waals surface area contributed by atoms with Crippen LogP contribution in [0.3, 0.4) is 0 Å². The quantitative estimate of drug-likeness (QED) is 0.0872. The molecule has 9 rings (SSSR count). The Kier molecular flexibility index (Phi) is 14.3. The molecule has 358 valence electrons. The summed E-state index contributed by atoms with van der Waals surface area (Å²) in [6.07, 6.45) is 12.6. The second-order valence-corrected chi connectivity index (χ2v) is 20.5. The van der Waals surface area contributed by atoms with Gasteiger partial charge in [0.05, 0.1) is 18.5 Å². The lowest BCUT2D eigenvalue weighted by molar-refractivity contribution is -0.137. The number of nitrogens with zero attached hydrogens (tertiary/aromatic N) is 8. The Bertz CT molecular complexity index is 2480. The number of imide groups is 1. The van der Waals surface area contributed by atoms with Crippen molar-refractivity contribution in [1.29, 1.82) is 0 Å². The zero-order valence-corrected chi connectivity index (χ0v) is 39.7. The van der Waals surface area contributed by atoms with Crippen molar-refractivity contribution < 1.29 is 28.7 Å². The molecule has 4 aromatic rings. The first kappa shape index (κ1) is 47.1. The molecule has 1 saturated carbocycles. The Morgan fingerprint density at radius 1 is 0.926 bits per heavy atom. The number of nitrogens with two attached hydrogens (primary N) is 1. The fourth-order valence-corrected chi connectivity index (χ4v) is 11.0. The molecule has 0 spiro atoms. The summed E-state index contributed by atoms with van der Waals surface area (Å²) in [5.74, 6) is 1.46. The third-order valence-corrected chi connectivity index (χ3v) is 15.0. The van der Waals surface area contributed by atoms with Gasteiger partial charge < -0.3 is 35.4 Å². The van der Waals surface area contributed by atoms with Crippen LogP contribution in [0.25, 0.3) is 0 Å². The standard InChI is InChI=1S/C50H61N11O6S/c1-50(51)17-19-59(20-18-50)43-26-53-46(27-52-43)68-38-9-7-8-36(25-38)54-44(62)10-5-3-4-6-21-67-37-23-33-29-60(30-34(33)24-37)42-15-13-40(56-57-42)49(66)58(2)28-32-11-12-39-35(22-32)31-61(48(39)65)41-14-16-45(63)55-47(41)64/h7-9,11-13,15,22,25-27,33-34,37,41H,3-6,10,14,16-21,23-24,28-31,51H2,1-2H3,(H,54,62)(H,55,63,64). The van der Waals surface area contributed by atoms with Crippen LogP contribution < -0.4 is 26.2 Å². The van der Waals surface area contributed by atoms with Crippen LogP contribution in [0, 0.1) is 11.8 Å². The van der Waals surface area contributed by atoms with E-state index in [1.165, 1.54) is 16.7 Å². The summed E-state index contributed by atoms with van der Waals surface area (Å²) in [6.45, 7) is 6.95. The van der Waals surface area contributed by atoms with Crippen molar-refractivity contribution in [1.82, 2.24) is 35.3 Å². The minimum Gasteiger partial charge on any atom is -0.378 e. The molecule has 2 aromatic carbocycles. The number of hydrogen-bond acceptors (Lipinski definition) is 14. The second-order valence-electron chi connectivity index (χ2n) is 19.4. The number of amides is 5. The van der Waals surface area contributed by atoms with Gasteiger partial charge in [0.1, 0.15) is 16.9 Å². The summed E-state index contributed by atoms with van der Waals surface area (Å²) in [7, 11) is 1.71. The number of aromatic nitrogens is 4. The molecule has 18 heteroatoms. The number of unbranched alkanes of at least 4 members (excludes halogenated alkanes) is 3. The lowest BCUT2D eigenvalue weighted by Gasteiger charge is -2.37. The van der Waals surface area contributed by atoms with Crippen LogP contribution in [0.15, 0.2) is 76.9 Å². The molecule has 1 aliphatic carbocycles. The van der Waals surface area contributed by atoms with E-state index in [2.05, 4.69) is 47.5 Å². The van der Waals surface area contributed by atoms with E-state index in [4.69, 9.17) is 10.5 Å². The average Bonchev–Trinajstić information content (AvgIpc) is 4.00. The molecular formula is C50H61N11O6S. The Balaban J connectivity index is 0.634. The van der Waals surface area contributed by atoms with E-state index in [0.717, 1.165) is 123 Å². The Morgan fingerprint density at radius 2 is 1.72 bits per heavy atom. The van der Waals surface area contributed by atoms with Gasteiger partial charge in [-0.25, -0.2) is 9.97 Å². The molecule has 0 bridgehead atoms. The Labute approximate surface area is 401 Å². The zero-order chi connectivity index (χ0) is 47.4. The fraction of sp³-hybridized carbons (Fsp3) is 0.500. The number of anilines is 3. The maximum atomic E-state index is 13.4. The number of hydrogen-bond donors (Lipinski definition) is 3. The first-order valence-electron chi connectivity index (χ1n) is 24.0.